The van der Waals surface area contributed by atoms with Crippen LogP contribution in [0.5, 0.6) is 11.5 Å². The molecule has 0 unspecified atom stereocenters. The molecule has 6 heteroatoms. The molecule has 0 saturated carbocycles. The van der Waals surface area contributed by atoms with E-state index < -0.39 is 0 Å². The zero-order valence-corrected chi connectivity index (χ0v) is 11.0. The normalized spacial score (nSPS) is 11.5. The third-order valence-electron chi connectivity index (χ3n) is 2.95. The predicted octanol–water partition coefficient (Wildman–Crippen LogP) is 2.52. The number of oxime groups is 1. The second kappa shape index (κ2) is 5.46. The van der Waals surface area contributed by atoms with Crippen molar-refractivity contribution in [2.24, 2.45) is 10.9 Å². The minimum atomic E-state index is -0.107. The number of ether oxygens (including phenoxy) is 1. The number of rotatable bonds is 3. The van der Waals surface area contributed by atoms with Gasteiger partial charge in [0.15, 0.2) is 17.3 Å². The van der Waals surface area contributed by atoms with Gasteiger partial charge in [0.05, 0.1) is 5.52 Å². The van der Waals surface area contributed by atoms with Crippen molar-refractivity contribution < 1.29 is 9.94 Å². The van der Waals surface area contributed by atoms with Crippen molar-refractivity contribution in [3.8, 4) is 11.5 Å². The van der Waals surface area contributed by atoms with E-state index in [1.165, 1.54) is 0 Å². The zero-order chi connectivity index (χ0) is 14.7. The summed E-state index contributed by atoms with van der Waals surface area (Å²) < 4.78 is 5.87. The Morgan fingerprint density at radius 3 is 2.62 bits per heavy atom. The molecule has 1 aromatic carbocycles. The summed E-state index contributed by atoms with van der Waals surface area (Å²) >= 11 is 0. The van der Waals surface area contributed by atoms with Crippen LogP contribution in [0.25, 0.3) is 10.9 Å². The monoisotopic (exact) mass is 280 g/mol. The molecule has 0 aliphatic carbocycles. The average Bonchev–Trinajstić information content (AvgIpc) is 2.55. The first-order chi connectivity index (χ1) is 10.3. The summed E-state index contributed by atoms with van der Waals surface area (Å²) in [5.74, 6) is 0.925. The number of hydrogen-bond acceptors (Lipinski definition) is 5. The van der Waals surface area contributed by atoms with Gasteiger partial charge in [0.25, 0.3) is 0 Å². The number of nitrogens with zero attached hydrogens (tertiary/aromatic N) is 3. The Morgan fingerprint density at radius 1 is 1.00 bits per heavy atom. The first-order valence-electron chi connectivity index (χ1n) is 6.24. The Balaban J connectivity index is 2.08. The molecule has 21 heavy (non-hydrogen) atoms. The van der Waals surface area contributed by atoms with Crippen LogP contribution in [0.4, 0.5) is 0 Å². The molecule has 104 valence electrons. The highest BCUT2D eigenvalue weighted by atomic mass is 16.5. The highest BCUT2D eigenvalue weighted by Crippen LogP contribution is 2.29. The number of nitrogens with two attached hydrogens (primary N) is 1. The summed E-state index contributed by atoms with van der Waals surface area (Å²) in [7, 11) is 0. The molecule has 6 nitrogen and oxygen atoms in total. The van der Waals surface area contributed by atoms with Crippen LogP contribution < -0.4 is 10.5 Å². The van der Waals surface area contributed by atoms with Gasteiger partial charge in [0.1, 0.15) is 5.75 Å². The van der Waals surface area contributed by atoms with Gasteiger partial charge in [-0.2, -0.15) is 0 Å². The molecule has 3 rings (SSSR count). The van der Waals surface area contributed by atoms with E-state index in [1.54, 1.807) is 24.5 Å². The molecule has 2 heterocycles. The maximum absolute atomic E-state index is 8.81. The molecule has 3 aromatic rings. The first kappa shape index (κ1) is 12.9. The van der Waals surface area contributed by atoms with Crippen molar-refractivity contribution in [1.82, 2.24) is 9.97 Å². The number of benzene rings is 1. The molecule has 0 aliphatic rings. The van der Waals surface area contributed by atoms with Gasteiger partial charge in [0, 0.05) is 17.8 Å². The highest BCUT2D eigenvalue weighted by molar-refractivity contribution is 5.97. The van der Waals surface area contributed by atoms with Crippen molar-refractivity contribution in [1.29, 1.82) is 0 Å². The summed E-state index contributed by atoms with van der Waals surface area (Å²) in [6.07, 6.45) is 3.27. The van der Waals surface area contributed by atoms with E-state index in [2.05, 4.69) is 15.1 Å². The lowest BCUT2D eigenvalue weighted by Crippen LogP contribution is -2.15. The molecule has 2 aromatic heterocycles. The van der Waals surface area contributed by atoms with Crippen molar-refractivity contribution in [3.05, 3.63) is 60.6 Å². The second-order valence-corrected chi connectivity index (χ2v) is 4.26. The van der Waals surface area contributed by atoms with Crippen LogP contribution in [0.2, 0.25) is 0 Å². The highest BCUT2D eigenvalue weighted by Gasteiger charge is 2.11. The largest absolute Gasteiger partial charge is 0.454 e. The molecular formula is C15H12N4O2. The fourth-order valence-electron chi connectivity index (χ4n) is 2.00. The zero-order valence-electron chi connectivity index (χ0n) is 11.0. The van der Waals surface area contributed by atoms with Crippen LogP contribution in [0.3, 0.4) is 0 Å². The molecule has 0 fully saturated rings. The minimum absolute atomic E-state index is 0.107. The average molecular weight is 280 g/mol. The topological polar surface area (TPSA) is 93.6 Å². The molecular weight excluding hydrogens is 268 g/mol. The standard InChI is InChI=1S/C15H12N4O2/c16-15(19-20)14-13(7-3-9-18-14)21-12-6-1-5-11-10(12)4-2-8-17-11/h1-9,20H,(H2,16,19). The molecule has 0 saturated heterocycles. The summed E-state index contributed by atoms with van der Waals surface area (Å²) in [4.78, 5) is 8.34. The molecule has 3 N–H and O–H groups in total. The van der Waals surface area contributed by atoms with E-state index in [0.717, 1.165) is 10.9 Å². The quantitative estimate of drug-likeness (QED) is 0.333. The van der Waals surface area contributed by atoms with Crippen molar-refractivity contribution in [2.75, 3.05) is 0 Å². The Kier molecular flexibility index (Phi) is 3.34. The van der Waals surface area contributed by atoms with E-state index >= 15 is 0 Å². The molecule has 0 spiro atoms. The number of amidine groups is 1. The number of aromatic nitrogens is 2. The van der Waals surface area contributed by atoms with Crippen LogP contribution in [-0.4, -0.2) is 21.0 Å². The summed E-state index contributed by atoms with van der Waals surface area (Å²) in [6.45, 7) is 0. The third-order valence-corrected chi connectivity index (χ3v) is 2.95. The molecule has 0 amide bonds. The number of fused-ring (bicyclic) bond motifs is 1. The summed E-state index contributed by atoms with van der Waals surface area (Å²) in [5, 5.41) is 12.6. The van der Waals surface area contributed by atoms with E-state index in [4.69, 9.17) is 15.7 Å². The van der Waals surface area contributed by atoms with Gasteiger partial charge in [-0.1, -0.05) is 11.2 Å². The van der Waals surface area contributed by atoms with Crippen LogP contribution >= 0.6 is 0 Å². The lowest BCUT2D eigenvalue weighted by molar-refractivity contribution is 0.318. The van der Waals surface area contributed by atoms with Gasteiger partial charge >= 0.3 is 0 Å². The molecule has 0 bridgehead atoms. The Bertz CT molecular complexity index is 812. The number of hydrogen-bond donors (Lipinski definition) is 2. The Labute approximate surface area is 120 Å². The van der Waals surface area contributed by atoms with Crippen molar-refractivity contribution >= 4 is 16.7 Å². The van der Waals surface area contributed by atoms with Crippen LogP contribution in [0.15, 0.2) is 60.0 Å². The van der Waals surface area contributed by atoms with Gasteiger partial charge in [-0.05, 0) is 36.4 Å². The fraction of sp³-hybridized carbons (Fsp3) is 0. The van der Waals surface area contributed by atoms with Crippen molar-refractivity contribution in [2.45, 2.75) is 0 Å². The maximum Gasteiger partial charge on any atom is 0.192 e. The minimum Gasteiger partial charge on any atom is -0.454 e. The van der Waals surface area contributed by atoms with E-state index in [9.17, 15) is 0 Å². The van der Waals surface area contributed by atoms with Crippen LogP contribution in [-0.2, 0) is 0 Å². The lowest BCUT2D eigenvalue weighted by Gasteiger charge is -2.11. The number of pyridine rings is 2. The summed E-state index contributed by atoms with van der Waals surface area (Å²) in [6, 6.07) is 12.7. The predicted molar refractivity (Wildman–Crippen MR) is 78.6 cm³/mol. The smallest absolute Gasteiger partial charge is 0.192 e. The summed E-state index contributed by atoms with van der Waals surface area (Å²) in [5.41, 5.74) is 6.71. The Hall–Kier alpha value is -3.15. The third kappa shape index (κ3) is 2.46. The molecule has 0 aliphatic heterocycles. The Morgan fingerprint density at radius 2 is 1.76 bits per heavy atom. The fourth-order valence-corrected chi connectivity index (χ4v) is 2.00. The van der Waals surface area contributed by atoms with E-state index in [0.29, 0.717) is 11.5 Å². The van der Waals surface area contributed by atoms with Crippen LogP contribution in [0, 0.1) is 0 Å². The van der Waals surface area contributed by atoms with Gasteiger partial charge < -0.3 is 15.7 Å². The van der Waals surface area contributed by atoms with Crippen molar-refractivity contribution in [3.63, 3.8) is 0 Å². The molecule has 0 radical (unpaired) electrons. The van der Waals surface area contributed by atoms with E-state index in [1.807, 2.05) is 30.3 Å². The van der Waals surface area contributed by atoms with Gasteiger partial charge in [0.2, 0.25) is 0 Å². The SMILES string of the molecule is N/C(=N/O)c1ncccc1Oc1cccc2ncccc12. The lowest BCUT2D eigenvalue weighted by atomic mass is 10.2. The van der Waals surface area contributed by atoms with Gasteiger partial charge in [-0.25, -0.2) is 4.98 Å². The van der Waals surface area contributed by atoms with E-state index in [-0.39, 0.29) is 11.5 Å². The van der Waals surface area contributed by atoms with Crippen LogP contribution in [0.1, 0.15) is 5.69 Å². The second-order valence-electron chi connectivity index (χ2n) is 4.26. The van der Waals surface area contributed by atoms with Gasteiger partial charge in [-0.3, -0.25) is 4.98 Å². The molecule has 0 atom stereocenters. The first-order valence-corrected chi connectivity index (χ1v) is 6.24. The van der Waals surface area contributed by atoms with Gasteiger partial charge in [-0.15, -0.1) is 0 Å². The maximum atomic E-state index is 8.81.